The fourth-order valence-electron chi connectivity index (χ4n) is 3.09. The SMILES string of the molecule is CC(NC(=O)NCc1nc(C2CC2)cs1)C1COc2ccccc21. The number of carbonyl (C=O) groups excluding carboxylic acids is 1. The predicted molar refractivity (Wildman–Crippen MR) is 93.6 cm³/mol. The summed E-state index contributed by atoms with van der Waals surface area (Å²) in [7, 11) is 0. The Kier molecular flexibility index (Phi) is 4.14. The molecule has 1 aliphatic carbocycles. The lowest BCUT2D eigenvalue weighted by molar-refractivity contribution is 0.232. The first-order valence-corrected chi connectivity index (χ1v) is 9.29. The Balaban J connectivity index is 1.29. The predicted octanol–water partition coefficient (Wildman–Crippen LogP) is 3.38. The molecule has 24 heavy (non-hydrogen) atoms. The number of hydrogen-bond acceptors (Lipinski definition) is 4. The molecule has 0 radical (unpaired) electrons. The van der Waals surface area contributed by atoms with Gasteiger partial charge < -0.3 is 15.4 Å². The minimum absolute atomic E-state index is 0.00645. The van der Waals surface area contributed by atoms with Gasteiger partial charge in [0.15, 0.2) is 0 Å². The summed E-state index contributed by atoms with van der Waals surface area (Å²) in [5.41, 5.74) is 2.35. The van der Waals surface area contributed by atoms with Crippen molar-refractivity contribution in [2.45, 2.75) is 44.2 Å². The number of thiazole rings is 1. The molecule has 0 spiro atoms. The summed E-state index contributed by atoms with van der Waals surface area (Å²) in [6.07, 6.45) is 2.50. The second-order valence-electron chi connectivity index (χ2n) is 6.51. The van der Waals surface area contributed by atoms with Crippen LogP contribution in [-0.4, -0.2) is 23.7 Å². The first-order chi connectivity index (χ1) is 11.7. The van der Waals surface area contributed by atoms with E-state index in [2.05, 4.69) is 27.1 Å². The van der Waals surface area contributed by atoms with Gasteiger partial charge in [-0.1, -0.05) is 18.2 Å². The van der Waals surface area contributed by atoms with Crippen LogP contribution in [0.2, 0.25) is 0 Å². The maximum atomic E-state index is 12.2. The average molecular weight is 343 g/mol. The van der Waals surface area contributed by atoms with Gasteiger partial charge in [-0.05, 0) is 25.8 Å². The highest BCUT2D eigenvalue weighted by atomic mass is 32.1. The van der Waals surface area contributed by atoms with Crippen LogP contribution in [0.15, 0.2) is 29.6 Å². The van der Waals surface area contributed by atoms with Crippen molar-refractivity contribution in [1.82, 2.24) is 15.6 Å². The Bertz CT molecular complexity index is 741. The van der Waals surface area contributed by atoms with Crippen LogP contribution in [0, 0.1) is 0 Å². The van der Waals surface area contributed by atoms with E-state index in [1.807, 2.05) is 25.1 Å². The van der Waals surface area contributed by atoms with E-state index in [1.54, 1.807) is 11.3 Å². The number of fused-ring (bicyclic) bond motifs is 1. The Morgan fingerprint density at radius 1 is 1.42 bits per heavy atom. The fraction of sp³-hybridized carbons (Fsp3) is 0.444. The second-order valence-corrected chi connectivity index (χ2v) is 7.45. The molecule has 0 bridgehead atoms. The van der Waals surface area contributed by atoms with Gasteiger partial charge in [0.05, 0.1) is 18.8 Å². The van der Waals surface area contributed by atoms with E-state index in [1.165, 1.54) is 24.1 Å². The number of para-hydroxylation sites is 1. The molecular weight excluding hydrogens is 322 g/mol. The third kappa shape index (κ3) is 3.24. The van der Waals surface area contributed by atoms with E-state index < -0.39 is 0 Å². The maximum Gasteiger partial charge on any atom is 0.315 e. The van der Waals surface area contributed by atoms with Gasteiger partial charge in [0.1, 0.15) is 10.8 Å². The van der Waals surface area contributed by atoms with Gasteiger partial charge in [0, 0.05) is 28.8 Å². The van der Waals surface area contributed by atoms with Crippen molar-refractivity contribution in [3.05, 3.63) is 45.9 Å². The largest absolute Gasteiger partial charge is 0.493 e. The third-order valence-electron chi connectivity index (χ3n) is 4.66. The van der Waals surface area contributed by atoms with Crippen molar-refractivity contribution in [3.63, 3.8) is 0 Å². The minimum atomic E-state index is -0.157. The van der Waals surface area contributed by atoms with E-state index in [-0.39, 0.29) is 18.0 Å². The Labute approximate surface area is 145 Å². The van der Waals surface area contributed by atoms with Gasteiger partial charge in [-0.15, -0.1) is 11.3 Å². The van der Waals surface area contributed by atoms with E-state index in [4.69, 9.17) is 4.74 Å². The molecule has 2 atom stereocenters. The molecule has 4 rings (SSSR count). The third-order valence-corrected chi connectivity index (χ3v) is 5.53. The highest BCUT2D eigenvalue weighted by molar-refractivity contribution is 7.09. The molecule has 2 amide bonds. The summed E-state index contributed by atoms with van der Waals surface area (Å²) in [4.78, 5) is 16.7. The van der Waals surface area contributed by atoms with Crippen molar-refractivity contribution >= 4 is 17.4 Å². The van der Waals surface area contributed by atoms with Crippen molar-refractivity contribution in [1.29, 1.82) is 0 Å². The monoisotopic (exact) mass is 343 g/mol. The molecule has 1 aliphatic heterocycles. The number of nitrogens with one attached hydrogen (secondary N) is 2. The molecule has 6 heteroatoms. The second kappa shape index (κ2) is 6.43. The summed E-state index contributed by atoms with van der Waals surface area (Å²) in [5.74, 6) is 1.77. The lowest BCUT2D eigenvalue weighted by Crippen LogP contribution is -2.43. The zero-order valence-corrected chi connectivity index (χ0v) is 14.4. The number of ether oxygens (including phenoxy) is 1. The van der Waals surface area contributed by atoms with Crippen molar-refractivity contribution < 1.29 is 9.53 Å². The lowest BCUT2D eigenvalue weighted by atomic mass is 9.94. The van der Waals surface area contributed by atoms with Crippen LogP contribution in [0.25, 0.3) is 0 Å². The summed E-state index contributed by atoms with van der Waals surface area (Å²) in [6.45, 7) is 3.11. The van der Waals surface area contributed by atoms with Gasteiger partial charge >= 0.3 is 6.03 Å². The highest BCUT2D eigenvalue weighted by Crippen LogP contribution is 2.40. The molecule has 2 aromatic rings. The van der Waals surface area contributed by atoms with Crippen LogP contribution in [0.4, 0.5) is 4.79 Å². The van der Waals surface area contributed by atoms with E-state index in [0.29, 0.717) is 19.1 Å². The number of nitrogens with zero attached hydrogens (tertiary/aromatic N) is 1. The summed E-state index contributed by atoms with van der Waals surface area (Å²) in [5, 5.41) is 9.01. The number of benzene rings is 1. The first-order valence-electron chi connectivity index (χ1n) is 8.41. The van der Waals surface area contributed by atoms with Gasteiger partial charge in [-0.25, -0.2) is 9.78 Å². The molecule has 126 valence electrons. The van der Waals surface area contributed by atoms with E-state index in [9.17, 15) is 4.79 Å². The van der Waals surface area contributed by atoms with Gasteiger partial charge in [0.25, 0.3) is 0 Å². The normalized spacial score (nSPS) is 20.1. The molecule has 2 N–H and O–H groups in total. The van der Waals surface area contributed by atoms with Crippen LogP contribution in [0.1, 0.15) is 47.9 Å². The molecule has 1 saturated carbocycles. The zero-order valence-electron chi connectivity index (χ0n) is 13.6. The summed E-state index contributed by atoms with van der Waals surface area (Å²) >= 11 is 1.62. The number of carbonyl (C=O) groups is 1. The topological polar surface area (TPSA) is 63.2 Å². The minimum Gasteiger partial charge on any atom is -0.493 e. The first kappa shape index (κ1) is 15.4. The molecule has 2 unspecified atom stereocenters. The number of hydrogen-bond donors (Lipinski definition) is 2. The number of amides is 2. The van der Waals surface area contributed by atoms with Crippen molar-refractivity contribution in [3.8, 4) is 5.75 Å². The Morgan fingerprint density at radius 2 is 2.25 bits per heavy atom. The van der Waals surface area contributed by atoms with Crippen LogP contribution in [0.5, 0.6) is 5.75 Å². The standard InChI is InChI=1S/C18H21N3O2S/c1-11(14-9-23-16-5-3-2-4-13(14)16)20-18(22)19-8-17-21-15(10-24-17)12-6-7-12/h2-5,10-12,14H,6-9H2,1H3,(H2,19,20,22). The number of urea groups is 1. The molecule has 0 saturated heterocycles. The average Bonchev–Trinajstić information content (AvgIpc) is 3.17. The smallest absolute Gasteiger partial charge is 0.315 e. The molecule has 5 nitrogen and oxygen atoms in total. The van der Waals surface area contributed by atoms with Gasteiger partial charge in [0.2, 0.25) is 0 Å². The highest BCUT2D eigenvalue weighted by Gasteiger charge is 2.29. The van der Waals surface area contributed by atoms with Crippen LogP contribution in [0.3, 0.4) is 0 Å². The Hall–Kier alpha value is -2.08. The van der Waals surface area contributed by atoms with Crippen LogP contribution in [-0.2, 0) is 6.54 Å². The molecular formula is C18H21N3O2S. The quantitative estimate of drug-likeness (QED) is 0.875. The van der Waals surface area contributed by atoms with E-state index in [0.717, 1.165) is 10.8 Å². The number of rotatable bonds is 5. The molecule has 2 aliphatic rings. The maximum absolute atomic E-state index is 12.2. The van der Waals surface area contributed by atoms with Crippen LogP contribution >= 0.6 is 11.3 Å². The molecule has 2 heterocycles. The zero-order chi connectivity index (χ0) is 16.5. The van der Waals surface area contributed by atoms with Crippen molar-refractivity contribution in [2.75, 3.05) is 6.61 Å². The Morgan fingerprint density at radius 3 is 3.08 bits per heavy atom. The number of aromatic nitrogens is 1. The summed E-state index contributed by atoms with van der Waals surface area (Å²) in [6, 6.07) is 7.87. The van der Waals surface area contributed by atoms with Crippen molar-refractivity contribution in [2.24, 2.45) is 0 Å². The summed E-state index contributed by atoms with van der Waals surface area (Å²) < 4.78 is 5.69. The van der Waals surface area contributed by atoms with Gasteiger partial charge in [-0.2, -0.15) is 0 Å². The van der Waals surface area contributed by atoms with Gasteiger partial charge in [-0.3, -0.25) is 0 Å². The lowest BCUT2D eigenvalue weighted by Gasteiger charge is -2.20. The van der Waals surface area contributed by atoms with Crippen LogP contribution < -0.4 is 15.4 Å². The van der Waals surface area contributed by atoms with E-state index >= 15 is 0 Å². The molecule has 1 fully saturated rings. The molecule has 1 aromatic heterocycles. The fourth-order valence-corrected chi connectivity index (χ4v) is 3.90. The molecule has 1 aromatic carbocycles.